The highest BCUT2D eigenvalue weighted by Gasteiger charge is 2.19. The zero-order valence-corrected chi connectivity index (χ0v) is 19.5. The summed E-state index contributed by atoms with van der Waals surface area (Å²) in [4.78, 5) is 38.7. The predicted octanol–water partition coefficient (Wildman–Crippen LogP) is 2.01. The van der Waals surface area contributed by atoms with Gasteiger partial charge in [-0.25, -0.2) is 13.9 Å². The molecule has 0 atom stereocenters. The summed E-state index contributed by atoms with van der Waals surface area (Å²) >= 11 is 1.29. The van der Waals surface area contributed by atoms with Crippen LogP contribution in [0.3, 0.4) is 0 Å². The van der Waals surface area contributed by atoms with Crippen molar-refractivity contribution in [1.29, 1.82) is 0 Å². The third-order valence-electron chi connectivity index (χ3n) is 5.38. The van der Waals surface area contributed by atoms with Gasteiger partial charge in [-0.05, 0) is 23.9 Å². The second-order valence-electron chi connectivity index (χ2n) is 7.45. The molecule has 10 nitrogen and oxygen atoms in total. The van der Waals surface area contributed by atoms with Crippen molar-refractivity contribution in [2.45, 2.75) is 39.4 Å². The molecule has 4 aromatic rings. The zero-order valence-electron chi connectivity index (χ0n) is 18.7. The van der Waals surface area contributed by atoms with Crippen LogP contribution in [0.2, 0.25) is 0 Å². The van der Waals surface area contributed by atoms with Crippen molar-refractivity contribution in [3.05, 3.63) is 56.0 Å². The second kappa shape index (κ2) is 9.49. The highest BCUT2D eigenvalue weighted by atomic mass is 32.1. The fourth-order valence-corrected chi connectivity index (χ4v) is 4.56. The quantitative estimate of drug-likeness (QED) is 0.400. The molecule has 3 heterocycles. The van der Waals surface area contributed by atoms with Crippen LogP contribution in [-0.4, -0.2) is 38.9 Å². The Morgan fingerprint density at radius 3 is 2.73 bits per heavy atom. The molecule has 174 valence electrons. The van der Waals surface area contributed by atoms with Gasteiger partial charge in [0, 0.05) is 18.7 Å². The molecule has 0 fully saturated rings. The van der Waals surface area contributed by atoms with Gasteiger partial charge in [-0.3, -0.25) is 14.2 Å². The van der Waals surface area contributed by atoms with Gasteiger partial charge in [0.25, 0.3) is 5.56 Å². The number of benzene rings is 1. The van der Waals surface area contributed by atoms with Gasteiger partial charge >= 0.3 is 5.69 Å². The van der Waals surface area contributed by atoms with E-state index in [2.05, 4.69) is 10.4 Å². The van der Waals surface area contributed by atoms with Crippen LogP contribution in [0.4, 0.5) is 0 Å². The molecule has 0 radical (unpaired) electrons. The van der Waals surface area contributed by atoms with E-state index in [0.717, 1.165) is 23.1 Å². The van der Waals surface area contributed by atoms with Crippen molar-refractivity contribution in [1.82, 2.24) is 24.1 Å². The number of carbonyl (C=O) groups excluding carboxylic acids is 1. The lowest BCUT2D eigenvalue weighted by Crippen LogP contribution is -2.32. The Bertz CT molecular complexity index is 1430. The SMILES string of the molecule is CCCCn1c(=O)c2sccc2n2c(=O)n(CC(=O)NCc3cccc(OC)c3OC)nc12. The van der Waals surface area contributed by atoms with Crippen molar-refractivity contribution in [3.8, 4) is 11.5 Å². The lowest BCUT2D eigenvalue weighted by molar-refractivity contribution is -0.122. The highest BCUT2D eigenvalue weighted by molar-refractivity contribution is 7.17. The van der Waals surface area contributed by atoms with E-state index < -0.39 is 11.6 Å². The Kier molecular flexibility index (Phi) is 6.50. The number of amides is 1. The number of unbranched alkanes of at least 4 members (excludes halogenated alkanes) is 1. The summed E-state index contributed by atoms with van der Waals surface area (Å²) in [5.74, 6) is 0.941. The predicted molar refractivity (Wildman–Crippen MR) is 125 cm³/mol. The van der Waals surface area contributed by atoms with E-state index in [1.54, 1.807) is 30.7 Å². The Morgan fingerprint density at radius 1 is 1.18 bits per heavy atom. The molecular formula is C22H25N5O5S. The summed E-state index contributed by atoms with van der Waals surface area (Å²) in [7, 11) is 3.07. The van der Waals surface area contributed by atoms with Crippen LogP contribution in [-0.2, 0) is 24.4 Å². The number of rotatable bonds is 9. The largest absolute Gasteiger partial charge is 0.493 e. The normalized spacial score (nSPS) is 11.2. The van der Waals surface area contributed by atoms with Gasteiger partial charge in [0.05, 0.1) is 19.7 Å². The van der Waals surface area contributed by atoms with Crippen LogP contribution in [0.5, 0.6) is 11.5 Å². The average Bonchev–Trinajstić information content (AvgIpc) is 3.42. The Morgan fingerprint density at radius 2 is 2.00 bits per heavy atom. The molecule has 0 bridgehead atoms. The van der Waals surface area contributed by atoms with E-state index >= 15 is 0 Å². The first kappa shape index (κ1) is 22.6. The summed E-state index contributed by atoms with van der Waals surface area (Å²) in [5, 5.41) is 8.90. The van der Waals surface area contributed by atoms with Gasteiger partial charge in [-0.2, -0.15) is 0 Å². The number of fused-ring (bicyclic) bond motifs is 3. The third kappa shape index (κ3) is 4.11. The summed E-state index contributed by atoms with van der Waals surface area (Å²) in [6.45, 7) is 2.39. The van der Waals surface area contributed by atoms with E-state index in [1.165, 1.54) is 27.4 Å². The maximum absolute atomic E-state index is 13.1. The minimum Gasteiger partial charge on any atom is -0.493 e. The monoisotopic (exact) mass is 471 g/mol. The van der Waals surface area contributed by atoms with Gasteiger partial charge < -0.3 is 14.8 Å². The Balaban J connectivity index is 1.63. The number of aryl methyl sites for hydroxylation is 1. The zero-order chi connectivity index (χ0) is 23.5. The molecule has 4 rings (SSSR count). The first-order valence-corrected chi connectivity index (χ1v) is 11.4. The van der Waals surface area contributed by atoms with Crippen molar-refractivity contribution < 1.29 is 14.3 Å². The number of methoxy groups -OCH3 is 2. The molecule has 3 aromatic heterocycles. The van der Waals surface area contributed by atoms with Crippen molar-refractivity contribution in [2.24, 2.45) is 0 Å². The van der Waals surface area contributed by atoms with E-state index in [1.807, 2.05) is 13.0 Å². The second-order valence-corrected chi connectivity index (χ2v) is 8.37. The lowest BCUT2D eigenvalue weighted by Gasteiger charge is -2.13. The van der Waals surface area contributed by atoms with Gasteiger partial charge in [-0.15, -0.1) is 16.4 Å². The average molecular weight is 472 g/mol. The van der Waals surface area contributed by atoms with E-state index in [4.69, 9.17) is 9.47 Å². The van der Waals surface area contributed by atoms with E-state index in [9.17, 15) is 14.4 Å². The molecule has 1 N–H and O–H groups in total. The standard InChI is InChI=1S/C22H25N5O5S/c1-4-5-10-25-20(29)19-15(9-11-33-19)27-21(25)24-26(22(27)30)13-17(28)23-12-14-7-6-8-16(31-2)18(14)32-3/h6-9,11H,4-5,10,12-13H2,1-3H3,(H,23,28). The molecular weight excluding hydrogens is 446 g/mol. The number of ether oxygens (including phenoxy) is 2. The van der Waals surface area contributed by atoms with Crippen molar-refractivity contribution in [3.63, 3.8) is 0 Å². The minimum absolute atomic E-state index is 0.173. The van der Waals surface area contributed by atoms with Gasteiger partial charge in [0.2, 0.25) is 11.7 Å². The first-order valence-electron chi connectivity index (χ1n) is 10.6. The van der Waals surface area contributed by atoms with Crippen LogP contribution in [0.1, 0.15) is 25.3 Å². The number of para-hydroxylation sites is 1. The van der Waals surface area contributed by atoms with Crippen molar-refractivity contribution >= 4 is 33.2 Å². The first-order chi connectivity index (χ1) is 16.0. The number of thiophene rings is 1. The number of hydrogen-bond acceptors (Lipinski definition) is 7. The Labute approximate surface area is 193 Å². The topological polar surface area (TPSA) is 109 Å². The molecule has 0 aliphatic heterocycles. The molecule has 11 heteroatoms. The molecule has 0 unspecified atom stereocenters. The Hall–Kier alpha value is -3.60. The van der Waals surface area contributed by atoms with Crippen LogP contribution in [0, 0.1) is 0 Å². The van der Waals surface area contributed by atoms with E-state index in [-0.39, 0.29) is 24.4 Å². The number of aromatic nitrogens is 4. The fourth-order valence-electron chi connectivity index (χ4n) is 3.73. The molecule has 1 aromatic carbocycles. The fraction of sp³-hybridized carbons (Fsp3) is 0.364. The smallest absolute Gasteiger partial charge is 0.352 e. The molecule has 0 saturated carbocycles. The molecule has 0 aliphatic carbocycles. The molecule has 1 amide bonds. The van der Waals surface area contributed by atoms with Gasteiger partial charge in [0.1, 0.15) is 11.2 Å². The summed E-state index contributed by atoms with van der Waals surface area (Å²) in [6, 6.07) is 7.11. The lowest BCUT2D eigenvalue weighted by atomic mass is 10.2. The third-order valence-corrected chi connectivity index (χ3v) is 6.27. The number of nitrogens with zero attached hydrogens (tertiary/aromatic N) is 4. The van der Waals surface area contributed by atoms with Crippen LogP contribution >= 0.6 is 11.3 Å². The summed E-state index contributed by atoms with van der Waals surface area (Å²) in [5.41, 5.74) is 0.604. The number of carbonyl (C=O) groups is 1. The highest BCUT2D eigenvalue weighted by Crippen LogP contribution is 2.30. The number of hydrogen-bond donors (Lipinski definition) is 1. The van der Waals surface area contributed by atoms with Gasteiger partial charge in [-0.1, -0.05) is 25.5 Å². The molecule has 33 heavy (non-hydrogen) atoms. The maximum atomic E-state index is 13.1. The summed E-state index contributed by atoms with van der Waals surface area (Å²) < 4.78 is 15.2. The maximum Gasteiger partial charge on any atom is 0.352 e. The molecule has 0 spiro atoms. The van der Waals surface area contributed by atoms with Crippen molar-refractivity contribution in [2.75, 3.05) is 14.2 Å². The van der Waals surface area contributed by atoms with Crippen LogP contribution in [0.25, 0.3) is 16.0 Å². The summed E-state index contributed by atoms with van der Waals surface area (Å²) in [6.07, 6.45) is 1.67. The van der Waals surface area contributed by atoms with Crippen LogP contribution in [0.15, 0.2) is 39.2 Å². The number of nitrogens with one attached hydrogen (secondary N) is 1. The van der Waals surface area contributed by atoms with Gasteiger partial charge in [0.15, 0.2) is 11.5 Å². The molecule has 0 saturated heterocycles. The van der Waals surface area contributed by atoms with Crippen LogP contribution < -0.4 is 26.0 Å². The van der Waals surface area contributed by atoms with E-state index in [0.29, 0.717) is 28.3 Å². The molecule has 0 aliphatic rings. The minimum atomic E-state index is -0.465.